The molecule has 2 atom stereocenters. The van der Waals surface area contributed by atoms with Gasteiger partial charge in [0.15, 0.2) is 0 Å². The van der Waals surface area contributed by atoms with E-state index in [9.17, 15) is 0 Å². The van der Waals surface area contributed by atoms with Crippen LogP contribution in [0, 0.1) is 5.92 Å². The summed E-state index contributed by atoms with van der Waals surface area (Å²) in [6.45, 7) is 0. The number of rotatable bonds is 0. The van der Waals surface area contributed by atoms with Crippen LogP contribution in [0.5, 0.6) is 0 Å². The fourth-order valence-electron chi connectivity index (χ4n) is 2.99. The summed E-state index contributed by atoms with van der Waals surface area (Å²) in [4.78, 5) is 4.54. The number of hydrogen-bond acceptors (Lipinski definition) is 3. The summed E-state index contributed by atoms with van der Waals surface area (Å²) in [5.41, 5.74) is 6.89. The number of nitrogens with zero attached hydrogens (tertiary/aromatic N) is 1. The second-order valence-electron chi connectivity index (χ2n) is 4.67. The van der Waals surface area contributed by atoms with E-state index in [1.807, 2.05) is 0 Å². The van der Waals surface area contributed by atoms with Gasteiger partial charge in [-0.15, -0.1) is 0 Å². The molecule has 0 saturated heterocycles. The first-order chi connectivity index (χ1) is 7.80. The highest BCUT2D eigenvalue weighted by Gasteiger charge is 2.40. The van der Waals surface area contributed by atoms with E-state index in [1.165, 1.54) is 18.4 Å². The Morgan fingerprint density at radius 2 is 2.44 bits per heavy atom. The summed E-state index contributed by atoms with van der Waals surface area (Å²) in [6, 6.07) is 0.290. The maximum Gasteiger partial charge on any atom is 0.288 e. The predicted octanol–water partition coefficient (Wildman–Crippen LogP) is 2.27. The van der Waals surface area contributed by atoms with E-state index in [-0.39, 0.29) is 5.54 Å². The van der Waals surface area contributed by atoms with Gasteiger partial charge >= 0.3 is 0 Å². The van der Waals surface area contributed by atoms with Crippen molar-refractivity contribution in [3.05, 3.63) is 36.1 Å². The van der Waals surface area contributed by atoms with Crippen LogP contribution in [-0.4, -0.2) is 11.6 Å². The SMILES string of the molecule is NC1=NC2(C=CO1)CCCC1CC=CC=C12. The lowest BCUT2D eigenvalue weighted by molar-refractivity contribution is 0.335. The van der Waals surface area contributed by atoms with Crippen LogP contribution in [0.15, 0.2) is 41.1 Å². The molecule has 1 aliphatic heterocycles. The van der Waals surface area contributed by atoms with Crippen molar-refractivity contribution in [1.29, 1.82) is 0 Å². The first-order valence-corrected chi connectivity index (χ1v) is 5.87. The van der Waals surface area contributed by atoms with Gasteiger partial charge in [0.05, 0.1) is 6.26 Å². The van der Waals surface area contributed by atoms with Crippen molar-refractivity contribution in [3.8, 4) is 0 Å². The lowest BCUT2D eigenvalue weighted by atomic mass is 9.69. The second kappa shape index (κ2) is 3.51. The summed E-state index contributed by atoms with van der Waals surface area (Å²) in [7, 11) is 0. The van der Waals surface area contributed by atoms with Gasteiger partial charge in [0.25, 0.3) is 6.02 Å². The zero-order chi connectivity index (χ0) is 11.0. The van der Waals surface area contributed by atoms with Crippen LogP contribution in [0.2, 0.25) is 0 Å². The number of hydrogen-bond donors (Lipinski definition) is 1. The summed E-state index contributed by atoms with van der Waals surface area (Å²) < 4.78 is 5.09. The highest BCUT2D eigenvalue weighted by atomic mass is 16.5. The fraction of sp³-hybridized carbons (Fsp3) is 0.462. The molecule has 3 nitrogen and oxygen atoms in total. The molecule has 0 bridgehead atoms. The van der Waals surface area contributed by atoms with Gasteiger partial charge in [-0.3, -0.25) is 0 Å². The summed E-state index contributed by atoms with van der Waals surface area (Å²) in [5.74, 6) is 0.637. The number of aliphatic imine (C=N–C) groups is 1. The largest absolute Gasteiger partial charge is 0.434 e. The van der Waals surface area contributed by atoms with Crippen molar-refractivity contribution in [2.75, 3.05) is 0 Å². The Kier molecular flexibility index (Phi) is 2.13. The normalized spacial score (nSPS) is 36.4. The average Bonchev–Trinajstić information content (AvgIpc) is 2.30. The maximum atomic E-state index is 5.69. The molecule has 84 valence electrons. The molecule has 2 N–H and O–H groups in total. The molecule has 16 heavy (non-hydrogen) atoms. The van der Waals surface area contributed by atoms with Gasteiger partial charge in [-0.1, -0.05) is 18.2 Å². The molecule has 0 radical (unpaired) electrons. The molecule has 1 saturated carbocycles. The standard InChI is InChI=1S/C13H16N2O/c14-12-15-13(8-9-16-12)7-3-5-10-4-1-2-6-11(10)13/h1-2,6,8-10H,3-5,7H2,(H2,14,15). The molecule has 1 fully saturated rings. The van der Waals surface area contributed by atoms with Crippen molar-refractivity contribution in [1.82, 2.24) is 0 Å². The topological polar surface area (TPSA) is 47.6 Å². The molecule has 3 aliphatic rings. The minimum absolute atomic E-state index is 0.212. The molecule has 0 aromatic rings. The van der Waals surface area contributed by atoms with E-state index < -0.39 is 0 Å². The Bertz CT molecular complexity index is 420. The number of allylic oxidation sites excluding steroid dienone is 3. The van der Waals surface area contributed by atoms with Gasteiger partial charge in [0.1, 0.15) is 5.54 Å². The Balaban J connectivity index is 2.05. The molecule has 0 amide bonds. The molecular weight excluding hydrogens is 200 g/mol. The molecule has 3 rings (SSSR count). The van der Waals surface area contributed by atoms with E-state index in [0.717, 1.165) is 12.8 Å². The monoisotopic (exact) mass is 216 g/mol. The quantitative estimate of drug-likeness (QED) is 0.675. The number of ether oxygens (including phenoxy) is 1. The molecule has 0 aromatic carbocycles. The second-order valence-corrected chi connectivity index (χ2v) is 4.67. The zero-order valence-electron chi connectivity index (χ0n) is 9.23. The Morgan fingerprint density at radius 3 is 3.31 bits per heavy atom. The molecule has 0 aromatic heterocycles. The third kappa shape index (κ3) is 1.39. The van der Waals surface area contributed by atoms with Crippen molar-refractivity contribution >= 4 is 6.02 Å². The van der Waals surface area contributed by atoms with Crippen LogP contribution in [0.1, 0.15) is 25.7 Å². The van der Waals surface area contributed by atoms with Gasteiger partial charge in [0, 0.05) is 0 Å². The van der Waals surface area contributed by atoms with E-state index >= 15 is 0 Å². The molecule has 2 aliphatic carbocycles. The van der Waals surface area contributed by atoms with Crippen LogP contribution >= 0.6 is 0 Å². The molecule has 3 heteroatoms. The van der Waals surface area contributed by atoms with Gasteiger partial charge in [0.2, 0.25) is 0 Å². The van der Waals surface area contributed by atoms with Crippen molar-refractivity contribution < 1.29 is 4.74 Å². The third-order valence-corrected chi connectivity index (χ3v) is 3.72. The van der Waals surface area contributed by atoms with E-state index in [1.54, 1.807) is 6.26 Å². The third-order valence-electron chi connectivity index (χ3n) is 3.72. The van der Waals surface area contributed by atoms with Gasteiger partial charge in [-0.2, -0.15) is 0 Å². The number of fused-ring (bicyclic) bond motifs is 2. The summed E-state index contributed by atoms with van der Waals surface area (Å²) in [5, 5.41) is 0. The Labute approximate surface area is 95.4 Å². The van der Waals surface area contributed by atoms with Crippen LogP contribution in [0.25, 0.3) is 0 Å². The lowest BCUT2D eigenvalue weighted by Crippen LogP contribution is -2.39. The zero-order valence-corrected chi connectivity index (χ0v) is 9.23. The van der Waals surface area contributed by atoms with E-state index in [2.05, 4.69) is 29.3 Å². The van der Waals surface area contributed by atoms with Crippen LogP contribution in [0.3, 0.4) is 0 Å². The van der Waals surface area contributed by atoms with Crippen LogP contribution in [0.4, 0.5) is 0 Å². The molecule has 1 heterocycles. The van der Waals surface area contributed by atoms with Crippen molar-refractivity contribution in [3.63, 3.8) is 0 Å². The van der Waals surface area contributed by atoms with Crippen LogP contribution < -0.4 is 5.73 Å². The molecular formula is C13H16N2O. The van der Waals surface area contributed by atoms with Crippen LogP contribution in [-0.2, 0) is 4.74 Å². The fourth-order valence-corrected chi connectivity index (χ4v) is 2.99. The highest BCUT2D eigenvalue weighted by Crippen LogP contribution is 2.45. The summed E-state index contributed by atoms with van der Waals surface area (Å²) in [6.07, 6.45) is 15.0. The van der Waals surface area contributed by atoms with Crippen molar-refractivity contribution in [2.45, 2.75) is 31.2 Å². The van der Waals surface area contributed by atoms with Gasteiger partial charge in [-0.05, 0) is 43.3 Å². The maximum absolute atomic E-state index is 5.69. The minimum Gasteiger partial charge on any atom is -0.434 e. The average molecular weight is 216 g/mol. The smallest absolute Gasteiger partial charge is 0.288 e. The first kappa shape index (κ1) is 9.70. The number of amidine groups is 1. The lowest BCUT2D eigenvalue weighted by Gasteiger charge is -2.40. The van der Waals surface area contributed by atoms with Crippen molar-refractivity contribution in [2.24, 2.45) is 16.6 Å². The van der Waals surface area contributed by atoms with E-state index in [4.69, 9.17) is 10.5 Å². The predicted molar refractivity (Wildman–Crippen MR) is 63.8 cm³/mol. The Morgan fingerprint density at radius 1 is 1.50 bits per heavy atom. The summed E-state index contributed by atoms with van der Waals surface area (Å²) >= 11 is 0. The van der Waals surface area contributed by atoms with Gasteiger partial charge < -0.3 is 10.5 Å². The first-order valence-electron chi connectivity index (χ1n) is 5.87. The van der Waals surface area contributed by atoms with E-state index in [0.29, 0.717) is 11.9 Å². The minimum atomic E-state index is -0.212. The molecule has 1 spiro atoms. The number of nitrogens with two attached hydrogens (primary N) is 1. The Hall–Kier alpha value is -1.51. The molecule has 2 unspecified atom stereocenters. The highest BCUT2D eigenvalue weighted by molar-refractivity contribution is 5.74. The van der Waals surface area contributed by atoms with Gasteiger partial charge in [-0.25, -0.2) is 4.99 Å².